The molecule has 7 heteroatoms. The van der Waals surface area contributed by atoms with Crippen molar-refractivity contribution >= 4 is 16.0 Å². The topological polar surface area (TPSA) is 90.0 Å². The zero-order valence-electron chi connectivity index (χ0n) is 6.77. The third-order valence-electron chi connectivity index (χ3n) is 1.36. The predicted octanol–water partition coefficient (Wildman–Crippen LogP) is -0.656. The van der Waals surface area contributed by atoms with Crippen LogP contribution in [-0.4, -0.2) is 18.2 Å². The van der Waals surface area contributed by atoms with Crippen LogP contribution in [-0.2, 0) is 17.3 Å². The number of aromatic nitrogens is 2. The van der Waals surface area contributed by atoms with Gasteiger partial charge in [0.05, 0.1) is 0 Å². The minimum absolute atomic E-state index is 0.234. The van der Waals surface area contributed by atoms with E-state index < -0.39 is 10.2 Å². The summed E-state index contributed by atoms with van der Waals surface area (Å²) in [4.78, 5) is 0. The van der Waals surface area contributed by atoms with Crippen molar-refractivity contribution in [3.8, 4) is 0 Å². The van der Waals surface area contributed by atoms with E-state index in [0.29, 0.717) is 0 Å². The van der Waals surface area contributed by atoms with E-state index in [4.69, 9.17) is 5.14 Å². The fraction of sp³-hybridized carbons (Fsp3) is 0.400. The highest BCUT2D eigenvalue weighted by Gasteiger charge is 2.05. The molecule has 0 aromatic carbocycles. The van der Waals surface area contributed by atoms with Gasteiger partial charge in [0.2, 0.25) is 0 Å². The number of nitrogens with zero attached hydrogens (tertiary/aromatic N) is 2. The molecule has 1 rings (SSSR count). The van der Waals surface area contributed by atoms with Gasteiger partial charge in [-0.15, -0.1) is 0 Å². The Labute approximate surface area is 70.6 Å². The number of aryl methyl sites for hydroxylation is 2. The van der Waals surface area contributed by atoms with E-state index in [1.165, 1.54) is 0 Å². The molecule has 12 heavy (non-hydrogen) atoms. The summed E-state index contributed by atoms with van der Waals surface area (Å²) in [5, 5.41) is 8.58. The zero-order valence-corrected chi connectivity index (χ0v) is 7.59. The van der Waals surface area contributed by atoms with Gasteiger partial charge in [-0.25, -0.2) is 5.14 Å². The molecule has 0 aliphatic heterocycles. The van der Waals surface area contributed by atoms with Crippen molar-refractivity contribution in [1.29, 1.82) is 0 Å². The van der Waals surface area contributed by atoms with Crippen LogP contribution in [0.25, 0.3) is 0 Å². The maximum atomic E-state index is 10.5. The second-order valence-corrected chi connectivity index (χ2v) is 3.74. The molecule has 0 bridgehead atoms. The highest BCUT2D eigenvalue weighted by molar-refractivity contribution is 7.90. The first-order valence-corrected chi connectivity index (χ1v) is 4.74. The summed E-state index contributed by atoms with van der Waals surface area (Å²) in [6.45, 7) is 1.81. The van der Waals surface area contributed by atoms with Crippen molar-refractivity contribution in [2.45, 2.75) is 6.92 Å². The molecule has 1 aromatic rings. The van der Waals surface area contributed by atoms with Crippen molar-refractivity contribution < 1.29 is 8.42 Å². The summed E-state index contributed by atoms with van der Waals surface area (Å²) < 4.78 is 24.7. The van der Waals surface area contributed by atoms with Gasteiger partial charge >= 0.3 is 0 Å². The Morgan fingerprint density at radius 1 is 1.67 bits per heavy atom. The molecule has 1 aromatic heterocycles. The first-order valence-electron chi connectivity index (χ1n) is 3.19. The second kappa shape index (κ2) is 2.76. The standard InChI is InChI=1S/C5H10N4O2S/c1-4-3-5(7-9(4)2)8-12(6,10)11/h3H,1-2H3,(H,7,8)(H2,6,10,11). The van der Waals surface area contributed by atoms with E-state index in [-0.39, 0.29) is 5.82 Å². The van der Waals surface area contributed by atoms with Crippen LogP contribution >= 0.6 is 0 Å². The Hall–Kier alpha value is -1.08. The summed E-state index contributed by atoms with van der Waals surface area (Å²) in [7, 11) is -1.99. The Morgan fingerprint density at radius 2 is 2.25 bits per heavy atom. The maximum Gasteiger partial charge on any atom is 0.297 e. The molecular weight excluding hydrogens is 180 g/mol. The lowest BCUT2D eigenvalue weighted by atomic mass is 10.5. The minimum Gasteiger partial charge on any atom is -0.271 e. The number of hydrogen-bond acceptors (Lipinski definition) is 3. The van der Waals surface area contributed by atoms with E-state index >= 15 is 0 Å². The van der Waals surface area contributed by atoms with Crippen molar-refractivity contribution in [3.05, 3.63) is 11.8 Å². The van der Waals surface area contributed by atoms with E-state index in [1.807, 2.05) is 0 Å². The molecule has 1 heterocycles. The number of rotatable bonds is 2. The summed E-state index contributed by atoms with van der Waals surface area (Å²) in [5.41, 5.74) is 0.848. The van der Waals surface area contributed by atoms with Gasteiger partial charge < -0.3 is 0 Å². The molecule has 0 saturated carbocycles. The van der Waals surface area contributed by atoms with E-state index in [2.05, 4.69) is 9.82 Å². The second-order valence-electron chi connectivity index (χ2n) is 2.44. The summed E-state index contributed by atoms with van der Waals surface area (Å²) in [6, 6.07) is 1.59. The highest BCUT2D eigenvalue weighted by atomic mass is 32.2. The van der Waals surface area contributed by atoms with Gasteiger partial charge in [0, 0.05) is 18.8 Å². The summed E-state index contributed by atoms with van der Waals surface area (Å²) in [6.07, 6.45) is 0. The Bertz CT molecular complexity index is 361. The predicted molar refractivity (Wildman–Crippen MR) is 44.7 cm³/mol. The van der Waals surface area contributed by atoms with Crippen LogP contribution in [0.15, 0.2) is 6.07 Å². The van der Waals surface area contributed by atoms with E-state index in [9.17, 15) is 8.42 Å². The molecule has 0 atom stereocenters. The van der Waals surface area contributed by atoms with Crippen LogP contribution in [0, 0.1) is 6.92 Å². The quantitative estimate of drug-likeness (QED) is 0.649. The molecule has 0 saturated heterocycles. The largest absolute Gasteiger partial charge is 0.297 e. The third kappa shape index (κ3) is 2.21. The maximum absolute atomic E-state index is 10.5. The fourth-order valence-corrected chi connectivity index (χ4v) is 1.15. The summed E-state index contributed by atoms with van der Waals surface area (Å²) >= 11 is 0. The highest BCUT2D eigenvalue weighted by Crippen LogP contribution is 2.06. The molecule has 0 aliphatic rings. The van der Waals surface area contributed by atoms with Crippen LogP contribution in [0.3, 0.4) is 0 Å². The van der Waals surface area contributed by atoms with Crippen LogP contribution in [0.5, 0.6) is 0 Å². The van der Waals surface area contributed by atoms with Gasteiger partial charge in [0.25, 0.3) is 10.2 Å². The number of nitrogens with one attached hydrogen (secondary N) is 1. The molecule has 0 fully saturated rings. The number of anilines is 1. The molecule has 3 N–H and O–H groups in total. The average molecular weight is 190 g/mol. The first-order chi connectivity index (χ1) is 5.38. The van der Waals surface area contributed by atoms with Crippen molar-refractivity contribution in [2.24, 2.45) is 12.2 Å². The molecule has 0 aliphatic carbocycles. The molecule has 0 amide bonds. The lowest BCUT2D eigenvalue weighted by Crippen LogP contribution is -2.22. The zero-order chi connectivity index (χ0) is 9.35. The summed E-state index contributed by atoms with van der Waals surface area (Å²) in [5.74, 6) is 0.234. The van der Waals surface area contributed by atoms with Crippen LogP contribution in [0.1, 0.15) is 5.69 Å². The minimum atomic E-state index is -3.71. The smallest absolute Gasteiger partial charge is 0.271 e. The Kier molecular flexibility index (Phi) is 2.07. The van der Waals surface area contributed by atoms with Crippen LogP contribution < -0.4 is 9.86 Å². The third-order valence-corrected chi connectivity index (χ3v) is 1.85. The van der Waals surface area contributed by atoms with Gasteiger partial charge in [0.1, 0.15) is 0 Å². The molecule has 68 valence electrons. The average Bonchev–Trinajstić information content (AvgIpc) is 2.07. The SMILES string of the molecule is Cc1cc(NS(N)(=O)=O)nn1C. The molecule has 6 nitrogen and oxygen atoms in total. The molecule has 0 spiro atoms. The van der Waals surface area contributed by atoms with Crippen molar-refractivity contribution in [2.75, 3.05) is 4.72 Å². The number of hydrogen-bond donors (Lipinski definition) is 2. The first kappa shape index (κ1) is 9.01. The monoisotopic (exact) mass is 190 g/mol. The number of nitrogens with two attached hydrogens (primary N) is 1. The lowest BCUT2D eigenvalue weighted by Gasteiger charge is -1.96. The van der Waals surface area contributed by atoms with Crippen molar-refractivity contribution in [1.82, 2.24) is 9.78 Å². The van der Waals surface area contributed by atoms with Crippen molar-refractivity contribution in [3.63, 3.8) is 0 Å². The van der Waals surface area contributed by atoms with Gasteiger partial charge in [-0.2, -0.15) is 13.5 Å². The van der Waals surface area contributed by atoms with Crippen LogP contribution in [0.4, 0.5) is 5.82 Å². The van der Waals surface area contributed by atoms with E-state index in [0.717, 1.165) is 5.69 Å². The van der Waals surface area contributed by atoms with Crippen LogP contribution in [0.2, 0.25) is 0 Å². The van der Waals surface area contributed by atoms with Gasteiger partial charge in [-0.05, 0) is 6.92 Å². The normalized spacial score (nSPS) is 11.6. The Morgan fingerprint density at radius 3 is 2.58 bits per heavy atom. The van der Waals surface area contributed by atoms with Gasteiger partial charge in [-0.3, -0.25) is 9.40 Å². The van der Waals surface area contributed by atoms with Gasteiger partial charge in [0.15, 0.2) is 5.82 Å². The molecule has 0 radical (unpaired) electrons. The molecular formula is C5H10N4O2S. The fourth-order valence-electron chi connectivity index (χ4n) is 0.756. The lowest BCUT2D eigenvalue weighted by molar-refractivity contribution is 0.602. The molecule has 0 unspecified atom stereocenters. The van der Waals surface area contributed by atoms with Gasteiger partial charge in [-0.1, -0.05) is 0 Å². The Balaban J connectivity index is 2.92. The van der Waals surface area contributed by atoms with E-state index in [1.54, 1.807) is 24.7 Å².